The summed E-state index contributed by atoms with van der Waals surface area (Å²) in [7, 11) is 0. The minimum atomic E-state index is -0.457. The van der Waals surface area contributed by atoms with Crippen LogP contribution in [0.25, 0.3) is 0 Å². The van der Waals surface area contributed by atoms with Crippen LogP contribution in [0.5, 0.6) is 17.2 Å². The molecule has 0 spiro atoms. The monoisotopic (exact) mass is 410 g/mol. The molecule has 156 valence electrons. The Bertz CT molecular complexity index is 1100. The van der Waals surface area contributed by atoms with E-state index >= 15 is 0 Å². The fourth-order valence-corrected chi connectivity index (χ4v) is 4.15. The van der Waals surface area contributed by atoms with Gasteiger partial charge in [-0.15, -0.1) is 0 Å². The highest BCUT2D eigenvalue weighted by Crippen LogP contribution is 2.40. The molecular weight excluding hydrogens is 384 g/mol. The van der Waals surface area contributed by atoms with Crippen molar-refractivity contribution in [1.29, 1.82) is 0 Å². The van der Waals surface area contributed by atoms with E-state index in [2.05, 4.69) is 38.1 Å². The maximum Gasteiger partial charge on any atom is 0.115 e. The standard InChI is InChI=1S/C28H26O3/c1-19(21-5-13-25(29)14-6-21)20-3-7-22(8-4-20)28(2,23-9-15-26(30)16-10-23)24-11-17-27(31)18-12-24/h3-19,29-31H,1-2H3. The molecule has 0 fully saturated rings. The summed E-state index contributed by atoms with van der Waals surface area (Å²) in [5, 5.41) is 29.1. The van der Waals surface area contributed by atoms with Gasteiger partial charge in [0.1, 0.15) is 17.2 Å². The largest absolute Gasteiger partial charge is 0.508 e. The average molecular weight is 411 g/mol. The summed E-state index contributed by atoms with van der Waals surface area (Å²) in [6, 6.07) is 30.5. The van der Waals surface area contributed by atoms with Crippen molar-refractivity contribution in [3.8, 4) is 17.2 Å². The Morgan fingerprint density at radius 3 is 1.10 bits per heavy atom. The first-order valence-corrected chi connectivity index (χ1v) is 10.4. The summed E-state index contributed by atoms with van der Waals surface area (Å²) in [5.74, 6) is 0.929. The summed E-state index contributed by atoms with van der Waals surface area (Å²) < 4.78 is 0. The van der Waals surface area contributed by atoms with Crippen LogP contribution >= 0.6 is 0 Å². The highest BCUT2D eigenvalue weighted by Gasteiger charge is 2.31. The van der Waals surface area contributed by atoms with Crippen molar-refractivity contribution in [3.63, 3.8) is 0 Å². The van der Waals surface area contributed by atoms with Gasteiger partial charge < -0.3 is 15.3 Å². The fraction of sp³-hybridized carbons (Fsp3) is 0.143. The normalized spacial score (nSPS) is 12.5. The van der Waals surface area contributed by atoms with Crippen LogP contribution in [0.1, 0.15) is 47.6 Å². The molecule has 0 aromatic heterocycles. The topological polar surface area (TPSA) is 60.7 Å². The number of hydrogen-bond acceptors (Lipinski definition) is 3. The number of hydrogen-bond donors (Lipinski definition) is 3. The van der Waals surface area contributed by atoms with E-state index in [-0.39, 0.29) is 23.2 Å². The Labute approximate surface area is 182 Å². The zero-order valence-electron chi connectivity index (χ0n) is 17.7. The number of benzene rings is 4. The van der Waals surface area contributed by atoms with Gasteiger partial charge in [-0.25, -0.2) is 0 Å². The van der Waals surface area contributed by atoms with E-state index in [0.29, 0.717) is 0 Å². The van der Waals surface area contributed by atoms with Crippen molar-refractivity contribution >= 4 is 0 Å². The Kier molecular flexibility index (Phi) is 5.43. The third kappa shape index (κ3) is 3.99. The van der Waals surface area contributed by atoms with Crippen molar-refractivity contribution in [1.82, 2.24) is 0 Å². The Morgan fingerprint density at radius 2 is 0.742 bits per heavy atom. The van der Waals surface area contributed by atoms with Crippen LogP contribution in [0.3, 0.4) is 0 Å². The van der Waals surface area contributed by atoms with Gasteiger partial charge in [0.15, 0.2) is 0 Å². The molecule has 4 aromatic carbocycles. The number of phenolic OH excluding ortho intramolecular Hbond substituents is 3. The highest BCUT2D eigenvalue weighted by molar-refractivity contribution is 5.52. The predicted octanol–water partition coefficient (Wildman–Crippen LogP) is 6.31. The van der Waals surface area contributed by atoms with E-state index in [1.807, 2.05) is 36.4 Å². The van der Waals surface area contributed by atoms with Gasteiger partial charge in [0.25, 0.3) is 0 Å². The Morgan fingerprint density at radius 1 is 0.484 bits per heavy atom. The van der Waals surface area contributed by atoms with Crippen LogP contribution in [-0.2, 0) is 5.41 Å². The van der Waals surface area contributed by atoms with Gasteiger partial charge in [-0.05, 0) is 71.1 Å². The second kappa shape index (κ2) is 8.19. The van der Waals surface area contributed by atoms with Gasteiger partial charge in [-0.2, -0.15) is 0 Å². The molecule has 0 aliphatic carbocycles. The molecule has 1 unspecified atom stereocenters. The molecule has 0 saturated heterocycles. The first-order valence-electron chi connectivity index (χ1n) is 10.4. The lowest BCUT2D eigenvalue weighted by molar-refractivity contribution is 0.474. The van der Waals surface area contributed by atoms with Crippen LogP contribution in [0, 0.1) is 0 Å². The van der Waals surface area contributed by atoms with Crippen molar-refractivity contribution in [3.05, 3.63) is 125 Å². The van der Waals surface area contributed by atoms with Crippen LogP contribution in [0.2, 0.25) is 0 Å². The summed E-state index contributed by atoms with van der Waals surface area (Å²) >= 11 is 0. The molecule has 0 aliphatic rings. The van der Waals surface area contributed by atoms with E-state index in [9.17, 15) is 15.3 Å². The first-order chi connectivity index (χ1) is 14.9. The van der Waals surface area contributed by atoms with E-state index in [4.69, 9.17) is 0 Å². The summed E-state index contributed by atoms with van der Waals surface area (Å²) in [5.41, 5.74) is 5.09. The number of aromatic hydroxyl groups is 3. The Hall–Kier alpha value is -3.72. The second-order valence-electron chi connectivity index (χ2n) is 8.15. The molecule has 3 N–H and O–H groups in total. The smallest absolute Gasteiger partial charge is 0.115 e. The molecule has 4 aromatic rings. The minimum absolute atomic E-state index is 0.197. The fourth-order valence-electron chi connectivity index (χ4n) is 4.15. The molecule has 4 rings (SSSR count). The van der Waals surface area contributed by atoms with Gasteiger partial charge >= 0.3 is 0 Å². The molecule has 0 radical (unpaired) electrons. The summed E-state index contributed by atoms with van der Waals surface area (Å²) in [6.45, 7) is 4.31. The molecule has 0 bridgehead atoms. The maximum absolute atomic E-state index is 9.77. The van der Waals surface area contributed by atoms with Gasteiger partial charge in [0.05, 0.1) is 0 Å². The average Bonchev–Trinajstić information content (AvgIpc) is 2.80. The zero-order chi connectivity index (χ0) is 22.0. The maximum atomic E-state index is 9.77. The molecule has 31 heavy (non-hydrogen) atoms. The summed E-state index contributed by atoms with van der Waals surface area (Å²) in [6.07, 6.45) is 0. The SMILES string of the molecule is CC(c1ccc(O)cc1)c1ccc(C(C)(c2ccc(O)cc2)c2ccc(O)cc2)cc1. The lowest BCUT2D eigenvalue weighted by atomic mass is 9.71. The van der Waals surface area contributed by atoms with Crippen LogP contribution in [0.4, 0.5) is 0 Å². The molecule has 0 amide bonds. The van der Waals surface area contributed by atoms with Gasteiger partial charge in [-0.3, -0.25) is 0 Å². The molecule has 0 aliphatic heterocycles. The molecule has 0 heterocycles. The first kappa shape index (κ1) is 20.5. The molecule has 3 heteroatoms. The van der Waals surface area contributed by atoms with Gasteiger partial charge in [0.2, 0.25) is 0 Å². The summed E-state index contributed by atoms with van der Waals surface area (Å²) in [4.78, 5) is 0. The number of rotatable bonds is 5. The van der Waals surface area contributed by atoms with Crippen molar-refractivity contribution in [2.24, 2.45) is 0 Å². The van der Waals surface area contributed by atoms with Crippen molar-refractivity contribution in [2.75, 3.05) is 0 Å². The van der Waals surface area contributed by atoms with Crippen LogP contribution in [-0.4, -0.2) is 15.3 Å². The van der Waals surface area contributed by atoms with Crippen LogP contribution < -0.4 is 0 Å². The zero-order valence-corrected chi connectivity index (χ0v) is 17.7. The molecule has 3 nitrogen and oxygen atoms in total. The van der Waals surface area contributed by atoms with Crippen molar-refractivity contribution in [2.45, 2.75) is 25.2 Å². The quantitative estimate of drug-likeness (QED) is 0.338. The molecule has 1 atom stereocenters. The lowest BCUT2D eigenvalue weighted by Gasteiger charge is -2.32. The van der Waals surface area contributed by atoms with E-state index in [0.717, 1.165) is 22.3 Å². The van der Waals surface area contributed by atoms with Crippen molar-refractivity contribution < 1.29 is 15.3 Å². The third-order valence-electron chi connectivity index (χ3n) is 6.27. The van der Waals surface area contributed by atoms with Crippen LogP contribution in [0.15, 0.2) is 97.1 Å². The molecular formula is C28H26O3. The predicted molar refractivity (Wildman–Crippen MR) is 124 cm³/mol. The minimum Gasteiger partial charge on any atom is -0.508 e. The Balaban J connectivity index is 1.76. The van der Waals surface area contributed by atoms with Gasteiger partial charge in [0, 0.05) is 11.3 Å². The van der Waals surface area contributed by atoms with E-state index in [1.165, 1.54) is 5.56 Å². The van der Waals surface area contributed by atoms with Gasteiger partial charge in [-0.1, -0.05) is 67.6 Å². The lowest BCUT2D eigenvalue weighted by Crippen LogP contribution is -2.25. The number of phenols is 3. The second-order valence-corrected chi connectivity index (χ2v) is 8.15. The van der Waals surface area contributed by atoms with E-state index in [1.54, 1.807) is 36.4 Å². The highest BCUT2D eigenvalue weighted by atomic mass is 16.3. The van der Waals surface area contributed by atoms with E-state index < -0.39 is 5.41 Å². The third-order valence-corrected chi connectivity index (χ3v) is 6.27. The molecule has 0 saturated carbocycles.